The molecule has 0 N–H and O–H groups in total. The molecule has 0 aromatic heterocycles. The molecular weight excluding hydrogens is 274 g/mol. The third-order valence-corrected chi connectivity index (χ3v) is 4.20. The lowest BCUT2D eigenvalue weighted by molar-refractivity contribution is 0.0600. The Morgan fingerprint density at radius 2 is 2.00 bits per heavy atom. The Morgan fingerprint density at radius 3 is 2.68 bits per heavy atom. The summed E-state index contributed by atoms with van der Waals surface area (Å²) in [6, 6.07) is 8.29. The molecule has 0 fully saturated rings. The van der Waals surface area contributed by atoms with Gasteiger partial charge < -0.3 is 9.64 Å². The molecule has 122 valence electrons. The van der Waals surface area contributed by atoms with Gasteiger partial charge in [-0.1, -0.05) is 52.0 Å². The highest BCUT2D eigenvalue weighted by atomic mass is 16.6. The molecule has 0 spiro atoms. The first-order valence-corrected chi connectivity index (χ1v) is 8.44. The molecule has 0 saturated heterocycles. The molecular formula is C19H29NO2. The highest BCUT2D eigenvalue weighted by Gasteiger charge is 2.27. The van der Waals surface area contributed by atoms with Gasteiger partial charge in [-0.25, -0.2) is 4.79 Å². The third kappa shape index (κ3) is 4.49. The summed E-state index contributed by atoms with van der Waals surface area (Å²) < 4.78 is 5.80. The van der Waals surface area contributed by atoms with Crippen LogP contribution in [-0.4, -0.2) is 24.1 Å². The van der Waals surface area contributed by atoms with Crippen LogP contribution in [0.2, 0.25) is 0 Å². The highest BCUT2D eigenvalue weighted by Crippen LogP contribution is 2.34. The minimum absolute atomic E-state index is 0.0716. The Kier molecular flexibility index (Phi) is 5.49. The normalized spacial score (nSPS) is 17.2. The minimum Gasteiger partial charge on any atom is -0.441 e. The molecule has 1 aliphatic carbocycles. The molecule has 0 saturated carbocycles. The Morgan fingerprint density at radius 1 is 1.27 bits per heavy atom. The second kappa shape index (κ2) is 7.17. The number of amides is 1. The van der Waals surface area contributed by atoms with E-state index in [2.05, 4.69) is 45.9 Å². The fourth-order valence-corrected chi connectivity index (χ4v) is 2.87. The number of ether oxygens (including phenoxy) is 1. The number of carbonyl (C=O) groups is 1. The standard InChI is InChI=1S/C19H29NO2/c1-5-13-20(14-12-19(2,3)4)18(21)22-17-11-10-15-8-6-7-9-16(15)17/h6-9,17H,5,10-14H2,1-4H3. The number of carbonyl (C=O) groups excluding carboxylic acids is 1. The number of nitrogens with zero attached hydrogens (tertiary/aromatic N) is 1. The van der Waals surface area contributed by atoms with Crippen LogP contribution in [0, 0.1) is 5.41 Å². The molecule has 1 atom stereocenters. The molecule has 0 radical (unpaired) electrons. The Bertz CT molecular complexity index is 504. The van der Waals surface area contributed by atoms with Crippen molar-refractivity contribution in [3.05, 3.63) is 35.4 Å². The van der Waals surface area contributed by atoms with Gasteiger partial charge in [0.05, 0.1) is 0 Å². The van der Waals surface area contributed by atoms with Crippen molar-refractivity contribution in [2.24, 2.45) is 5.41 Å². The van der Waals surface area contributed by atoms with E-state index in [0.717, 1.165) is 38.8 Å². The van der Waals surface area contributed by atoms with Gasteiger partial charge in [-0.15, -0.1) is 0 Å². The summed E-state index contributed by atoms with van der Waals surface area (Å²) in [5.74, 6) is 0. The van der Waals surface area contributed by atoms with Gasteiger partial charge in [-0.2, -0.15) is 0 Å². The zero-order chi connectivity index (χ0) is 16.2. The SMILES string of the molecule is CCCN(CCC(C)(C)C)C(=O)OC1CCc2ccccc21. The second-order valence-electron chi connectivity index (χ2n) is 7.41. The zero-order valence-corrected chi connectivity index (χ0v) is 14.4. The van der Waals surface area contributed by atoms with Gasteiger partial charge in [0.25, 0.3) is 0 Å². The number of rotatable bonds is 5. The second-order valence-corrected chi connectivity index (χ2v) is 7.41. The first-order chi connectivity index (χ1) is 10.4. The van der Waals surface area contributed by atoms with Crippen LogP contribution in [0.1, 0.15) is 64.2 Å². The number of hydrogen-bond donors (Lipinski definition) is 0. The summed E-state index contributed by atoms with van der Waals surface area (Å²) in [5, 5.41) is 0. The molecule has 3 nitrogen and oxygen atoms in total. The molecule has 1 aromatic rings. The number of benzene rings is 1. The summed E-state index contributed by atoms with van der Waals surface area (Å²) in [7, 11) is 0. The van der Waals surface area contributed by atoms with Crippen molar-refractivity contribution in [2.75, 3.05) is 13.1 Å². The van der Waals surface area contributed by atoms with Gasteiger partial charge in [0.1, 0.15) is 6.10 Å². The molecule has 1 amide bonds. The fraction of sp³-hybridized carbons (Fsp3) is 0.632. The monoisotopic (exact) mass is 303 g/mol. The average molecular weight is 303 g/mol. The van der Waals surface area contributed by atoms with Crippen LogP contribution in [0.5, 0.6) is 0 Å². The first kappa shape index (κ1) is 16.9. The van der Waals surface area contributed by atoms with Gasteiger partial charge in [0, 0.05) is 13.1 Å². The summed E-state index contributed by atoms with van der Waals surface area (Å²) >= 11 is 0. The van der Waals surface area contributed by atoms with Crippen molar-refractivity contribution < 1.29 is 9.53 Å². The van der Waals surface area contributed by atoms with Crippen molar-refractivity contribution >= 4 is 6.09 Å². The Balaban J connectivity index is 1.97. The van der Waals surface area contributed by atoms with Crippen LogP contribution in [0.25, 0.3) is 0 Å². The lowest BCUT2D eigenvalue weighted by Gasteiger charge is -2.27. The summed E-state index contributed by atoms with van der Waals surface area (Å²) in [6.45, 7) is 10.2. The van der Waals surface area contributed by atoms with Crippen LogP contribution in [-0.2, 0) is 11.2 Å². The zero-order valence-electron chi connectivity index (χ0n) is 14.4. The molecule has 0 bridgehead atoms. The summed E-state index contributed by atoms with van der Waals surface area (Å²) in [5.41, 5.74) is 2.73. The van der Waals surface area contributed by atoms with E-state index in [1.165, 1.54) is 11.1 Å². The molecule has 1 unspecified atom stereocenters. The Hall–Kier alpha value is -1.51. The minimum atomic E-state index is -0.159. The van der Waals surface area contributed by atoms with E-state index in [0.29, 0.717) is 0 Å². The van der Waals surface area contributed by atoms with Crippen LogP contribution in [0.15, 0.2) is 24.3 Å². The van der Waals surface area contributed by atoms with E-state index in [9.17, 15) is 4.79 Å². The average Bonchev–Trinajstić information content (AvgIpc) is 2.86. The number of aryl methyl sites for hydroxylation is 1. The van der Waals surface area contributed by atoms with Crippen LogP contribution >= 0.6 is 0 Å². The molecule has 0 aliphatic heterocycles. The van der Waals surface area contributed by atoms with E-state index < -0.39 is 0 Å². The van der Waals surface area contributed by atoms with Crippen molar-refractivity contribution in [3.8, 4) is 0 Å². The number of fused-ring (bicyclic) bond motifs is 1. The van der Waals surface area contributed by atoms with Gasteiger partial charge in [0.15, 0.2) is 0 Å². The van der Waals surface area contributed by atoms with Crippen molar-refractivity contribution in [1.29, 1.82) is 0 Å². The van der Waals surface area contributed by atoms with E-state index in [1.54, 1.807) is 0 Å². The van der Waals surface area contributed by atoms with Crippen LogP contribution < -0.4 is 0 Å². The maximum absolute atomic E-state index is 12.5. The predicted molar refractivity (Wildman–Crippen MR) is 89.9 cm³/mol. The first-order valence-electron chi connectivity index (χ1n) is 8.44. The van der Waals surface area contributed by atoms with Crippen LogP contribution in [0.3, 0.4) is 0 Å². The van der Waals surface area contributed by atoms with Gasteiger partial charge >= 0.3 is 6.09 Å². The van der Waals surface area contributed by atoms with Gasteiger partial charge in [-0.3, -0.25) is 0 Å². The maximum Gasteiger partial charge on any atom is 0.410 e. The lowest BCUT2D eigenvalue weighted by atomic mass is 9.92. The molecule has 3 heteroatoms. The van der Waals surface area contributed by atoms with E-state index >= 15 is 0 Å². The lowest BCUT2D eigenvalue weighted by Crippen LogP contribution is -2.35. The summed E-state index contributed by atoms with van der Waals surface area (Å²) in [4.78, 5) is 14.4. The molecule has 22 heavy (non-hydrogen) atoms. The third-order valence-electron chi connectivity index (χ3n) is 4.20. The molecule has 2 rings (SSSR count). The fourth-order valence-electron chi connectivity index (χ4n) is 2.87. The van der Waals surface area contributed by atoms with Crippen LogP contribution in [0.4, 0.5) is 4.79 Å². The van der Waals surface area contributed by atoms with E-state index in [-0.39, 0.29) is 17.6 Å². The van der Waals surface area contributed by atoms with Gasteiger partial charge in [-0.05, 0) is 42.2 Å². The van der Waals surface area contributed by atoms with Gasteiger partial charge in [0.2, 0.25) is 0 Å². The largest absolute Gasteiger partial charge is 0.441 e. The predicted octanol–water partition coefficient (Wildman–Crippen LogP) is 4.96. The molecule has 0 heterocycles. The van der Waals surface area contributed by atoms with E-state index in [1.807, 2.05) is 11.0 Å². The summed E-state index contributed by atoms with van der Waals surface area (Å²) in [6.07, 6.45) is 3.63. The Labute approximate surface area is 134 Å². The topological polar surface area (TPSA) is 29.5 Å². The van der Waals surface area contributed by atoms with Crippen molar-refractivity contribution in [3.63, 3.8) is 0 Å². The molecule has 1 aliphatic rings. The van der Waals surface area contributed by atoms with E-state index in [4.69, 9.17) is 4.74 Å². The van der Waals surface area contributed by atoms with Crippen molar-refractivity contribution in [2.45, 2.75) is 59.5 Å². The number of hydrogen-bond acceptors (Lipinski definition) is 2. The van der Waals surface area contributed by atoms with Crippen molar-refractivity contribution in [1.82, 2.24) is 4.90 Å². The molecule has 1 aromatic carbocycles. The quantitative estimate of drug-likeness (QED) is 0.769. The smallest absolute Gasteiger partial charge is 0.410 e. The maximum atomic E-state index is 12.5. The highest BCUT2D eigenvalue weighted by molar-refractivity contribution is 5.68.